The van der Waals surface area contributed by atoms with Gasteiger partial charge in [-0.25, -0.2) is 0 Å². The lowest BCUT2D eigenvalue weighted by Crippen LogP contribution is -2.24. The van der Waals surface area contributed by atoms with Crippen molar-refractivity contribution in [3.63, 3.8) is 0 Å². The summed E-state index contributed by atoms with van der Waals surface area (Å²) < 4.78 is 4.72. The molecule has 1 aliphatic rings. The molecule has 1 rings (SSSR count). The summed E-state index contributed by atoms with van der Waals surface area (Å²) in [4.78, 5) is 0. The van der Waals surface area contributed by atoms with Crippen LogP contribution >= 0.6 is 0 Å². The molecule has 0 aromatic carbocycles. The van der Waals surface area contributed by atoms with Crippen molar-refractivity contribution in [2.45, 2.75) is 18.8 Å². The highest BCUT2D eigenvalue weighted by atomic mass is 16.6. The van der Waals surface area contributed by atoms with Crippen LogP contribution in [0.4, 0.5) is 0 Å². The Morgan fingerprint density at radius 3 is 2.50 bits per heavy atom. The van der Waals surface area contributed by atoms with E-state index in [1.807, 2.05) is 0 Å². The second-order valence-electron chi connectivity index (χ2n) is 2.47. The van der Waals surface area contributed by atoms with Crippen molar-refractivity contribution in [2.24, 2.45) is 5.92 Å². The SMILES string of the molecule is OCC[C@@H]1C(O)OC[C@@H]1O. The largest absolute Gasteiger partial charge is 0.396 e. The van der Waals surface area contributed by atoms with E-state index in [2.05, 4.69) is 0 Å². The molecule has 1 saturated heterocycles. The number of hydrogen-bond donors (Lipinski definition) is 3. The zero-order chi connectivity index (χ0) is 7.56. The van der Waals surface area contributed by atoms with Gasteiger partial charge in [0.2, 0.25) is 0 Å². The minimum Gasteiger partial charge on any atom is -0.396 e. The first-order valence-electron chi connectivity index (χ1n) is 3.34. The highest BCUT2D eigenvalue weighted by Crippen LogP contribution is 2.22. The van der Waals surface area contributed by atoms with Gasteiger partial charge in [-0.3, -0.25) is 0 Å². The first-order chi connectivity index (χ1) is 4.75. The molecule has 60 valence electrons. The van der Waals surface area contributed by atoms with Crippen LogP contribution in [0.2, 0.25) is 0 Å². The molecule has 3 N–H and O–H groups in total. The second-order valence-corrected chi connectivity index (χ2v) is 2.47. The molecule has 4 nitrogen and oxygen atoms in total. The number of ether oxygens (including phenoxy) is 1. The maximum Gasteiger partial charge on any atom is 0.160 e. The topological polar surface area (TPSA) is 69.9 Å². The van der Waals surface area contributed by atoms with Gasteiger partial charge in [0.25, 0.3) is 0 Å². The Morgan fingerprint density at radius 2 is 2.10 bits per heavy atom. The lowest BCUT2D eigenvalue weighted by atomic mass is 10.0. The first-order valence-corrected chi connectivity index (χ1v) is 3.34. The molecule has 4 heteroatoms. The van der Waals surface area contributed by atoms with Gasteiger partial charge in [-0.2, -0.15) is 0 Å². The van der Waals surface area contributed by atoms with Crippen molar-refractivity contribution < 1.29 is 20.1 Å². The van der Waals surface area contributed by atoms with Crippen LogP contribution in [0.25, 0.3) is 0 Å². The molecule has 1 heterocycles. The van der Waals surface area contributed by atoms with Crippen molar-refractivity contribution in [1.82, 2.24) is 0 Å². The van der Waals surface area contributed by atoms with E-state index in [1.54, 1.807) is 0 Å². The molecule has 0 aromatic rings. The zero-order valence-electron chi connectivity index (χ0n) is 5.60. The third-order valence-electron chi connectivity index (χ3n) is 1.76. The average molecular weight is 148 g/mol. The number of hydrogen-bond acceptors (Lipinski definition) is 4. The summed E-state index contributed by atoms with van der Waals surface area (Å²) in [7, 11) is 0. The van der Waals surface area contributed by atoms with Crippen LogP contribution in [0.3, 0.4) is 0 Å². The predicted molar refractivity (Wildman–Crippen MR) is 33.2 cm³/mol. The molecule has 0 bridgehead atoms. The normalized spacial score (nSPS) is 40.5. The van der Waals surface area contributed by atoms with E-state index in [9.17, 15) is 0 Å². The molecule has 10 heavy (non-hydrogen) atoms. The molecule has 1 fully saturated rings. The van der Waals surface area contributed by atoms with Crippen LogP contribution in [0.1, 0.15) is 6.42 Å². The van der Waals surface area contributed by atoms with Crippen molar-refractivity contribution >= 4 is 0 Å². The summed E-state index contributed by atoms with van der Waals surface area (Å²) in [6.07, 6.45) is -1.13. The van der Waals surface area contributed by atoms with Crippen molar-refractivity contribution in [3.05, 3.63) is 0 Å². The van der Waals surface area contributed by atoms with Gasteiger partial charge in [-0.15, -0.1) is 0 Å². The van der Waals surface area contributed by atoms with Gasteiger partial charge in [-0.1, -0.05) is 0 Å². The van der Waals surface area contributed by atoms with Gasteiger partial charge < -0.3 is 20.1 Å². The summed E-state index contributed by atoms with van der Waals surface area (Å²) in [6, 6.07) is 0. The van der Waals surface area contributed by atoms with Crippen molar-refractivity contribution in [2.75, 3.05) is 13.2 Å². The highest BCUT2D eigenvalue weighted by Gasteiger charge is 2.33. The van der Waals surface area contributed by atoms with Crippen LogP contribution in [-0.4, -0.2) is 40.9 Å². The standard InChI is InChI=1S/C6H12O4/c7-2-1-4-5(8)3-10-6(4)9/h4-9H,1-3H2/t4-,5-,6?/m0/s1. The smallest absolute Gasteiger partial charge is 0.160 e. The lowest BCUT2D eigenvalue weighted by molar-refractivity contribution is -0.0859. The fourth-order valence-electron chi connectivity index (χ4n) is 1.12. The fourth-order valence-corrected chi connectivity index (χ4v) is 1.12. The monoisotopic (exact) mass is 148 g/mol. The minimum absolute atomic E-state index is 0.0256. The van der Waals surface area contributed by atoms with Crippen LogP contribution in [0.5, 0.6) is 0 Å². The van der Waals surface area contributed by atoms with E-state index in [0.717, 1.165) is 0 Å². The maximum absolute atomic E-state index is 9.09. The van der Waals surface area contributed by atoms with Gasteiger partial charge in [0.1, 0.15) is 0 Å². The van der Waals surface area contributed by atoms with E-state index < -0.39 is 12.4 Å². The zero-order valence-corrected chi connectivity index (χ0v) is 5.60. The molecule has 0 aliphatic carbocycles. The van der Waals surface area contributed by atoms with Crippen LogP contribution in [0, 0.1) is 5.92 Å². The predicted octanol–water partition coefficient (Wildman–Crippen LogP) is -1.31. The Kier molecular flexibility index (Phi) is 2.62. The molecular weight excluding hydrogens is 136 g/mol. The Balaban J connectivity index is 2.38. The van der Waals surface area contributed by atoms with E-state index in [4.69, 9.17) is 20.1 Å². The van der Waals surface area contributed by atoms with Crippen LogP contribution in [-0.2, 0) is 4.74 Å². The van der Waals surface area contributed by atoms with Gasteiger partial charge in [0.05, 0.1) is 12.7 Å². The summed E-state index contributed by atoms with van der Waals surface area (Å²) in [6.45, 7) is 0.147. The van der Waals surface area contributed by atoms with E-state index >= 15 is 0 Å². The van der Waals surface area contributed by atoms with Gasteiger partial charge >= 0.3 is 0 Å². The van der Waals surface area contributed by atoms with Gasteiger partial charge in [0, 0.05) is 12.5 Å². The summed E-state index contributed by atoms with van der Waals surface area (Å²) in [5.41, 5.74) is 0. The Hall–Kier alpha value is -0.160. The molecular formula is C6H12O4. The number of rotatable bonds is 2. The average Bonchev–Trinajstić information content (AvgIpc) is 2.20. The Labute approximate surface area is 59.1 Å². The third-order valence-corrected chi connectivity index (χ3v) is 1.76. The molecule has 1 aliphatic heterocycles. The summed E-state index contributed by atoms with van der Waals surface area (Å²) in [5.74, 6) is -0.315. The molecule has 0 saturated carbocycles. The maximum atomic E-state index is 9.09. The molecule has 0 radical (unpaired) electrons. The van der Waals surface area contributed by atoms with Crippen LogP contribution in [0.15, 0.2) is 0 Å². The second kappa shape index (κ2) is 3.30. The molecule has 0 aromatic heterocycles. The molecule has 0 amide bonds. The highest BCUT2D eigenvalue weighted by molar-refractivity contribution is 4.76. The fraction of sp³-hybridized carbons (Fsp3) is 1.00. The van der Waals surface area contributed by atoms with E-state index in [0.29, 0.717) is 6.42 Å². The first kappa shape index (κ1) is 7.94. The third kappa shape index (κ3) is 1.46. The number of aliphatic hydroxyl groups excluding tert-OH is 3. The van der Waals surface area contributed by atoms with E-state index in [1.165, 1.54) is 0 Å². The Morgan fingerprint density at radius 1 is 1.40 bits per heavy atom. The minimum atomic E-state index is -0.901. The van der Waals surface area contributed by atoms with E-state index in [-0.39, 0.29) is 19.1 Å². The number of aliphatic hydroxyl groups is 3. The molecule has 1 unspecified atom stereocenters. The van der Waals surface area contributed by atoms with Crippen molar-refractivity contribution in [1.29, 1.82) is 0 Å². The summed E-state index contributed by atoms with van der Waals surface area (Å²) in [5, 5.41) is 26.6. The van der Waals surface area contributed by atoms with Crippen molar-refractivity contribution in [3.8, 4) is 0 Å². The lowest BCUT2D eigenvalue weighted by Gasteiger charge is -2.13. The summed E-state index contributed by atoms with van der Waals surface area (Å²) >= 11 is 0. The van der Waals surface area contributed by atoms with Gasteiger partial charge in [0.15, 0.2) is 6.29 Å². The quantitative estimate of drug-likeness (QED) is 0.455. The molecule has 3 atom stereocenters. The van der Waals surface area contributed by atoms with Gasteiger partial charge in [-0.05, 0) is 6.42 Å². The Bertz CT molecular complexity index is 95.9. The van der Waals surface area contributed by atoms with Crippen LogP contribution < -0.4 is 0 Å². The molecule has 0 spiro atoms.